The van der Waals surface area contributed by atoms with E-state index < -0.39 is 29.9 Å². The van der Waals surface area contributed by atoms with E-state index in [-0.39, 0.29) is 29.9 Å². The van der Waals surface area contributed by atoms with Crippen molar-refractivity contribution in [1.82, 2.24) is 16.0 Å². The zero-order valence-corrected chi connectivity index (χ0v) is 21.0. The molecule has 2 rings (SSSR count). The Labute approximate surface area is 207 Å². The summed E-state index contributed by atoms with van der Waals surface area (Å²) in [5.41, 5.74) is 7.83. The number of hydrogen-bond acceptors (Lipinski definition) is 5. The number of nitrogens with one attached hydrogen (secondary N) is 3. The molecule has 0 saturated carbocycles. The summed E-state index contributed by atoms with van der Waals surface area (Å²) in [4.78, 5) is 38.8. The molecule has 0 spiro atoms. The van der Waals surface area contributed by atoms with E-state index >= 15 is 0 Å². The van der Waals surface area contributed by atoms with Crippen LogP contribution in [0.1, 0.15) is 38.8 Å². The third-order valence-electron chi connectivity index (χ3n) is 5.83. The monoisotopic (exact) mass is 482 g/mol. The van der Waals surface area contributed by atoms with Gasteiger partial charge in [0.2, 0.25) is 17.7 Å². The summed E-state index contributed by atoms with van der Waals surface area (Å²) in [6.07, 6.45) is 0.862. The van der Waals surface area contributed by atoms with Crippen molar-refractivity contribution in [3.05, 3.63) is 65.7 Å². The molecule has 3 atom stereocenters. The minimum absolute atomic E-state index is 0.104. The minimum atomic E-state index is -0.935. The number of carbonyl (C=O) groups is 3. The number of rotatable bonds is 12. The van der Waals surface area contributed by atoms with E-state index in [4.69, 9.17) is 5.73 Å². The third-order valence-corrected chi connectivity index (χ3v) is 5.83. The van der Waals surface area contributed by atoms with Crippen molar-refractivity contribution in [2.75, 3.05) is 6.54 Å². The van der Waals surface area contributed by atoms with Crippen LogP contribution in [0.15, 0.2) is 54.6 Å². The summed E-state index contributed by atoms with van der Waals surface area (Å²) < 4.78 is 0. The predicted molar refractivity (Wildman–Crippen MR) is 136 cm³/mol. The van der Waals surface area contributed by atoms with Crippen molar-refractivity contribution in [3.63, 3.8) is 0 Å². The largest absolute Gasteiger partial charge is 0.508 e. The fourth-order valence-electron chi connectivity index (χ4n) is 3.52. The van der Waals surface area contributed by atoms with Gasteiger partial charge in [-0.05, 0) is 41.5 Å². The SMILES string of the molecule is CC(C)[C@H](N)C(=O)N[C@@H](Cc1ccc(O)cc1)C(=O)N[C@H](C(=O)NCCc1ccccc1)C(C)C. The summed E-state index contributed by atoms with van der Waals surface area (Å²) in [6, 6.07) is 13.7. The molecule has 190 valence electrons. The quantitative estimate of drug-likeness (QED) is 0.315. The van der Waals surface area contributed by atoms with Crippen LogP contribution in [0.3, 0.4) is 0 Å². The maximum absolute atomic E-state index is 13.3. The number of carbonyl (C=O) groups excluding carboxylic acids is 3. The van der Waals surface area contributed by atoms with Crippen LogP contribution < -0.4 is 21.7 Å². The molecule has 0 saturated heterocycles. The summed E-state index contributed by atoms with van der Waals surface area (Å²) in [7, 11) is 0. The molecule has 0 unspecified atom stereocenters. The Balaban J connectivity index is 2.09. The van der Waals surface area contributed by atoms with E-state index in [1.165, 1.54) is 12.1 Å². The molecule has 8 nitrogen and oxygen atoms in total. The van der Waals surface area contributed by atoms with Gasteiger partial charge in [-0.3, -0.25) is 14.4 Å². The Morgan fingerprint density at radius 2 is 1.43 bits per heavy atom. The first kappa shape index (κ1) is 27.9. The van der Waals surface area contributed by atoms with Crippen LogP contribution in [0.5, 0.6) is 5.75 Å². The lowest BCUT2D eigenvalue weighted by Crippen LogP contribution is -2.58. The van der Waals surface area contributed by atoms with Crippen molar-refractivity contribution < 1.29 is 19.5 Å². The molecule has 0 radical (unpaired) electrons. The molecular formula is C27H38N4O4. The molecule has 2 aromatic rings. The first-order valence-corrected chi connectivity index (χ1v) is 12.0. The first-order chi connectivity index (χ1) is 16.6. The molecule has 3 amide bonds. The molecule has 0 bridgehead atoms. The van der Waals surface area contributed by atoms with Gasteiger partial charge in [-0.25, -0.2) is 0 Å². The Kier molecular flexibility index (Phi) is 10.7. The summed E-state index contributed by atoms with van der Waals surface area (Å²) in [5.74, 6) is -1.36. The molecule has 0 heterocycles. The number of amides is 3. The van der Waals surface area contributed by atoms with Crippen molar-refractivity contribution in [1.29, 1.82) is 0 Å². The highest BCUT2D eigenvalue weighted by Crippen LogP contribution is 2.13. The van der Waals surface area contributed by atoms with Gasteiger partial charge in [0.15, 0.2) is 0 Å². The first-order valence-electron chi connectivity index (χ1n) is 12.0. The summed E-state index contributed by atoms with van der Waals surface area (Å²) in [5, 5.41) is 18.0. The molecule has 6 N–H and O–H groups in total. The number of aromatic hydroxyl groups is 1. The van der Waals surface area contributed by atoms with Crippen LogP contribution in [0.25, 0.3) is 0 Å². The van der Waals surface area contributed by atoms with Gasteiger partial charge in [0.1, 0.15) is 17.8 Å². The number of phenolic OH excluding ortho intramolecular Hbond substituents is 1. The van der Waals surface area contributed by atoms with Crippen molar-refractivity contribution >= 4 is 17.7 Å². The zero-order chi connectivity index (χ0) is 26.0. The normalized spacial score (nSPS) is 13.7. The average Bonchev–Trinajstić information content (AvgIpc) is 2.82. The standard InChI is InChI=1S/C27H38N4O4/c1-17(2)23(28)26(34)30-22(16-20-10-12-21(32)13-11-20)25(33)31-24(18(3)4)27(35)29-15-14-19-8-6-5-7-9-19/h5-13,17-18,22-24,32H,14-16,28H2,1-4H3,(H,29,35)(H,30,34)(H,31,33)/t22-,23-,24-/m0/s1. The second-order valence-electron chi connectivity index (χ2n) is 9.46. The lowest BCUT2D eigenvalue weighted by molar-refractivity contribution is -0.133. The molecule has 0 aliphatic carbocycles. The Morgan fingerprint density at radius 1 is 0.800 bits per heavy atom. The van der Waals surface area contributed by atoms with E-state index in [0.717, 1.165) is 11.1 Å². The molecule has 0 aromatic heterocycles. The van der Waals surface area contributed by atoms with Crippen LogP contribution in [0.4, 0.5) is 0 Å². The van der Waals surface area contributed by atoms with Gasteiger partial charge in [0.05, 0.1) is 6.04 Å². The second-order valence-corrected chi connectivity index (χ2v) is 9.46. The molecular weight excluding hydrogens is 444 g/mol. The van der Waals surface area contributed by atoms with Crippen LogP contribution in [-0.2, 0) is 27.2 Å². The van der Waals surface area contributed by atoms with E-state index in [2.05, 4.69) is 16.0 Å². The van der Waals surface area contributed by atoms with Gasteiger partial charge in [-0.15, -0.1) is 0 Å². The Hall–Kier alpha value is -3.39. The van der Waals surface area contributed by atoms with E-state index in [1.807, 2.05) is 58.0 Å². The summed E-state index contributed by atoms with van der Waals surface area (Å²) >= 11 is 0. The minimum Gasteiger partial charge on any atom is -0.508 e. The molecule has 2 aromatic carbocycles. The maximum Gasteiger partial charge on any atom is 0.243 e. The molecule has 0 aliphatic rings. The van der Waals surface area contributed by atoms with Gasteiger partial charge >= 0.3 is 0 Å². The van der Waals surface area contributed by atoms with Gasteiger partial charge < -0.3 is 26.8 Å². The lowest BCUT2D eigenvalue weighted by atomic mass is 9.99. The molecule has 35 heavy (non-hydrogen) atoms. The number of nitrogens with two attached hydrogens (primary N) is 1. The van der Waals surface area contributed by atoms with Gasteiger partial charge in [0, 0.05) is 13.0 Å². The van der Waals surface area contributed by atoms with E-state index in [9.17, 15) is 19.5 Å². The smallest absolute Gasteiger partial charge is 0.243 e. The molecule has 0 aliphatic heterocycles. The van der Waals surface area contributed by atoms with Crippen LogP contribution >= 0.6 is 0 Å². The van der Waals surface area contributed by atoms with Crippen molar-refractivity contribution in [2.45, 2.75) is 58.7 Å². The van der Waals surface area contributed by atoms with Crippen LogP contribution in [0, 0.1) is 11.8 Å². The number of benzene rings is 2. The predicted octanol–water partition coefficient (Wildman–Crippen LogP) is 1.90. The highest BCUT2D eigenvalue weighted by molar-refractivity contribution is 5.93. The fourth-order valence-corrected chi connectivity index (χ4v) is 3.52. The lowest BCUT2D eigenvalue weighted by Gasteiger charge is -2.26. The maximum atomic E-state index is 13.3. The Morgan fingerprint density at radius 3 is 2.00 bits per heavy atom. The molecule has 0 fully saturated rings. The third kappa shape index (κ3) is 9.05. The van der Waals surface area contributed by atoms with Gasteiger partial charge in [-0.1, -0.05) is 70.2 Å². The van der Waals surface area contributed by atoms with Crippen molar-refractivity contribution in [3.8, 4) is 5.75 Å². The number of hydrogen-bond donors (Lipinski definition) is 5. The number of phenols is 1. The molecule has 8 heteroatoms. The van der Waals surface area contributed by atoms with Crippen LogP contribution in [-0.4, -0.2) is 47.5 Å². The topological polar surface area (TPSA) is 134 Å². The average molecular weight is 483 g/mol. The van der Waals surface area contributed by atoms with Crippen molar-refractivity contribution in [2.24, 2.45) is 17.6 Å². The van der Waals surface area contributed by atoms with Crippen LogP contribution in [0.2, 0.25) is 0 Å². The van der Waals surface area contributed by atoms with Gasteiger partial charge in [0.25, 0.3) is 0 Å². The van der Waals surface area contributed by atoms with E-state index in [0.29, 0.717) is 13.0 Å². The van der Waals surface area contributed by atoms with E-state index in [1.54, 1.807) is 12.1 Å². The summed E-state index contributed by atoms with van der Waals surface area (Å²) in [6.45, 7) is 7.80. The van der Waals surface area contributed by atoms with Gasteiger partial charge in [-0.2, -0.15) is 0 Å². The zero-order valence-electron chi connectivity index (χ0n) is 21.0. The second kappa shape index (κ2) is 13.5. The highest BCUT2D eigenvalue weighted by Gasteiger charge is 2.30. The highest BCUT2D eigenvalue weighted by atomic mass is 16.3. The fraction of sp³-hybridized carbons (Fsp3) is 0.444. The Bertz CT molecular complexity index is 961.